The zero-order valence-electron chi connectivity index (χ0n) is 17.5. The van der Waals surface area contributed by atoms with Gasteiger partial charge < -0.3 is 10.1 Å². The minimum atomic E-state index is -0.126. The molecule has 2 heterocycles. The molecule has 2 aromatic heterocycles. The van der Waals surface area contributed by atoms with Crippen LogP contribution in [0.25, 0.3) is 16.4 Å². The number of carbonyl (C=O) groups is 1. The van der Waals surface area contributed by atoms with Gasteiger partial charge in [-0.1, -0.05) is 29.4 Å². The Balaban J connectivity index is 1.56. The predicted molar refractivity (Wildman–Crippen MR) is 131 cm³/mol. The lowest BCUT2D eigenvalue weighted by molar-refractivity contribution is -0.113. The number of nitrogens with zero attached hydrogens (tertiary/aromatic N) is 3. The number of anilines is 1. The maximum atomic E-state index is 12.6. The molecule has 0 unspecified atom stereocenters. The van der Waals surface area contributed by atoms with Gasteiger partial charge in [0.1, 0.15) is 5.75 Å². The van der Waals surface area contributed by atoms with E-state index in [2.05, 4.69) is 15.5 Å². The number of amides is 1. The largest absolute Gasteiger partial charge is 0.494 e. The molecule has 9 heteroatoms. The number of benzene rings is 2. The molecule has 164 valence electrons. The third kappa shape index (κ3) is 5.15. The molecule has 4 rings (SSSR count). The van der Waals surface area contributed by atoms with Gasteiger partial charge >= 0.3 is 0 Å². The van der Waals surface area contributed by atoms with E-state index in [-0.39, 0.29) is 11.7 Å². The standard InChI is InChI=1S/C23H21ClN4O2S2/c1-3-30-18-9-7-17(8-10-18)28-22(20-5-4-12-31-20)26-27-23(28)32-14-21(29)25-19-11-6-16(24)13-15(19)2/h4-13H,3,14H2,1-2H3,(H,25,29). The van der Waals surface area contributed by atoms with Crippen molar-refractivity contribution in [1.29, 1.82) is 0 Å². The van der Waals surface area contributed by atoms with Gasteiger partial charge in [-0.2, -0.15) is 0 Å². The van der Waals surface area contributed by atoms with Crippen LogP contribution in [0.2, 0.25) is 5.02 Å². The molecule has 0 aliphatic rings. The first-order valence-electron chi connectivity index (χ1n) is 9.96. The first-order valence-corrected chi connectivity index (χ1v) is 12.2. The van der Waals surface area contributed by atoms with Crippen molar-refractivity contribution in [3.63, 3.8) is 0 Å². The second-order valence-electron chi connectivity index (χ2n) is 6.84. The molecule has 0 spiro atoms. The summed E-state index contributed by atoms with van der Waals surface area (Å²) in [6.07, 6.45) is 0. The lowest BCUT2D eigenvalue weighted by Gasteiger charge is -2.11. The highest BCUT2D eigenvalue weighted by Gasteiger charge is 2.18. The van der Waals surface area contributed by atoms with E-state index in [1.807, 2.05) is 66.3 Å². The summed E-state index contributed by atoms with van der Waals surface area (Å²) in [6, 6.07) is 17.1. The van der Waals surface area contributed by atoms with E-state index in [9.17, 15) is 4.79 Å². The summed E-state index contributed by atoms with van der Waals surface area (Å²) in [5.41, 5.74) is 2.55. The second-order valence-corrected chi connectivity index (χ2v) is 9.17. The highest BCUT2D eigenvalue weighted by Crippen LogP contribution is 2.31. The molecular formula is C23H21ClN4O2S2. The molecule has 0 atom stereocenters. The summed E-state index contributed by atoms with van der Waals surface area (Å²) in [5, 5.41) is 15.0. The number of nitrogens with one attached hydrogen (secondary N) is 1. The number of aryl methyl sites for hydroxylation is 1. The first kappa shape index (κ1) is 22.4. The molecule has 4 aromatic rings. The van der Waals surface area contributed by atoms with E-state index in [0.29, 0.717) is 16.8 Å². The van der Waals surface area contributed by atoms with Gasteiger partial charge in [-0.25, -0.2) is 0 Å². The number of rotatable bonds is 8. The summed E-state index contributed by atoms with van der Waals surface area (Å²) >= 11 is 8.93. The van der Waals surface area contributed by atoms with Gasteiger partial charge in [0, 0.05) is 10.7 Å². The third-order valence-corrected chi connectivity index (χ3v) is 6.61. The number of ether oxygens (including phenoxy) is 1. The molecule has 0 saturated carbocycles. The van der Waals surface area contributed by atoms with Crippen LogP contribution < -0.4 is 10.1 Å². The number of hydrogen-bond acceptors (Lipinski definition) is 6. The summed E-state index contributed by atoms with van der Waals surface area (Å²) < 4.78 is 7.52. The molecule has 0 aliphatic carbocycles. The summed E-state index contributed by atoms with van der Waals surface area (Å²) in [4.78, 5) is 13.6. The minimum Gasteiger partial charge on any atom is -0.494 e. The predicted octanol–water partition coefficient (Wildman–Crippen LogP) is 6.09. The average Bonchev–Trinajstić information content (AvgIpc) is 3.45. The number of carbonyl (C=O) groups excluding carboxylic acids is 1. The fraction of sp³-hybridized carbons (Fsp3) is 0.174. The van der Waals surface area contributed by atoms with Gasteiger partial charge in [0.25, 0.3) is 0 Å². The van der Waals surface area contributed by atoms with Crippen molar-refractivity contribution in [2.75, 3.05) is 17.7 Å². The lowest BCUT2D eigenvalue weighted by atomic mass is 10.2. The van der Waals surface area contributed by atoms with Crippen LogP contribution in [0.1, 0.15) is 12.5 Å². The fourth-order valence-corrected chi connectivity index (χ4v) is 4.78. The van der Waals surface area contributed by atoms with Gasteiger partial charge in [-0.3, -0.25) is 9.36 Å². The molecule has 6 nitrogen and oxygen atoms in total. The first-order chi connectivity index (χ1) is 15.5. The van der Waals surface area contributed by atoms with Crippen LogP contribution in [0.4, 0.5) is 5.69 Å². The van der Waals surface area contributed by atoms with Crippen LogP contribution in [0, 0.1) is 6.92 Å². The zero-order valence-corrected chi connectivity index (χ0v) is 19.9. The summed E-state index contributed by atoms with van der Waals surface area (Å²) in [6.45, 7) is 4.47. The summed E-state index contributed by atoms with van der Waals surface area (Å²) in [5.74, 6) is 1.61. The van der Waals surface area contributed by atoms with E-state index in [4.69, 9.17) is 16.3 Å². The van der Waals surface area contributed by atoms with Crippen LogP contribution in [0.15, 0.2) is 65.1 Å². The molecule has 1 amide bonds. The van der Waals surface area contributed by atoms with Crippen molar-refractivity contribution >= 4 is 46.3 Å². The van der Waals surface area contributed by atoms with E-state index in [0.717, 1.165) is 33.4 Å². The Kier molecular flexibility index (Phi) is 7.14. The van der Waals surface area contributed by atoms with Crippen molar-refractivity contribution in [3.05, 3.63) is 70.6 Å². The van der Waals surface area contributed by atoms with Crippen LogP contribution in [-0.4, -0.2) is 33.0 Å². The average molecular weight is 485 g/mol. The third-order valence-electron chi connectivity index (χ3n) is 4.58. The quantitative estimate of drug-likeness (QED) is 0.306. The van der Waals surface area contributed by atoms with Crippen molar-refractivity contribution in [2.45, 2.75) is 19.0 Å². The monoisotopic (exact) mass is 484 g/mol. The SMILES string of the molecule is CCOc1ccc(-n2c(SCC(=O)Nc3ccc(Cl)cc3C)nnc2-c2cccs2)cc1. The van der Waals surface area contributed by atoms with E-state index in [1.54, 1.807) is 23.5 Å². The number of hydrogen-bond donors (Lipinski definition) is 1. The molecular weight excluding hydrogens is 464 g/mol. The lowest BCUT2D eigenvalue weighted by Crippen LogP contribution is -2.15. The Morgan fingerprint density at radius 1 is 1.19 bits per heavy atom. The Morgan fingerprint density at radius 3 is 2.69 bits per heavy atom. The molecule has 0 fully saturated rings. The summed E-state index contributed by atoms with van der Waals surface area (Å²) in [7, 11) is 0. The number of halogens is 1. The Labute approximate surface area is 199 Å². The van der Waals surface area contributed by atoms with Crippen LogP contribution in [-0.2, 0) is 4.79 Å². The smallest absolute Gasteiger partial charge is 0.234 e. The van der Waals surface area contributed by atoms with Gasteiger partial charge in [0.15, 0.2) is 11.0 Å². The van der Waals surface area contributed by atoms with Crippen LogP contribution in [0.3, 0.4) is 0 Å². The number of thiophene rings is 1. The fourth-order valence-electron chi connectivity index (χ4n) is 3.10. The molecule has 1 N–H and O–H groups in total. The molecule has 0 bridgehead atoms. The van der Waals surface area contributed by atoms with E-state index < -0.39 is 0 Å². The minimum absolute atomic E-state index is 0.126. The van der Waals surface area contributed by atoms with Crippen molar-refractivity contribution in [3.8, 4) is 22.1 Å². The van der Waals surface area contributed by atoms with Gasteiger partial charge in [0.05, 0.1) is 22.9 Å². The zero-order chi connectivity index (χ0) is 22.5. The Bertz CT molecular complexity index is 1210. The van der Waals surface area contributed by atoms with Crippen LogP contribution >= 0.6 is 34.7 Å². The highest BCUT2D eigenvalue weighted by molar-refractivity contribution is 7.99. The van der Waals surface area contributed by atoms with Crippen molar-refractivity contribution < 1.29 is 9.53 Å². The Morgan fingerprint density at radius 2 is 2.00 bits per heavy atom. The van der Waals surface area contributed by atoms with Crippen LogP contribution in [0.5, 0.6) is 5.75 Å². The molecule has 0 radical (unpaired) electrons. The van der Waals surface area contributed by atoms with Crippen molar-refractivity contribution in [1.82, 2.24) is 14.8 Å². The maximum Gasteiger partial charge on any atom is 0.234 e. The van der Waals surface area contributed by atoms with Crippen molar-refractivity contribution in [2.24, 2.45) is 0 Å². The van der Waals surface area contributed by atoms with E-state index in [1.165, 1.54) is 11.8 Å². The topological polar surface area (TPSA) is 69.0 Å². The maximum absolute atomic E-state index is 12.6. The number of thioether (sulfide) groups is 1. The van der Waals surface area contributed by atoms with Gasteiger partial charge in [0.2, 0.25) is 5.91 Å². The highest BCUT2D eigenvalue weighted by atomic mass is 35.5. The molecule has 2 aromatic carbocycles. The van der Waals surface area contributed by atoms with E-state index >= 15 is 0 Å². The van der Waals surface area contributed by atoms with Gasteiger partial charge in [-0.05, 0) is 73.3 Å². The molecule has 0 saturated heterocycles. The normalized spacial score (nSPS) is 10.8. The van der Waals surface area contributed by atoms with Gasteiger partial charge in [-0.15, -0.1) is 21.5 Å². The molecule has 0 aliphatic heterocycles. The second kappa shape index (κ2) is 10.2. The Hall–Kier alpha value is -2.81. The number of aromatic nitrogens is 3. The molecule has 32 heavy (non-hydrogen) atoms.